The molecule has 1 unspecified atom stereocenters. The van der Waals surface area contributed by atoms with Crippen molar-refractivity contribution >= 4 is 17.7 Å². The van der Waals surface area contributed by atoms with Gasteiger partial charge >= 0.3 is 5.97 Å². The topological polar surface area (TPSA) is 80.3 Å². The van der Waals surface area contributed by atoms with Crippen molar-refractivity contribution < 1.29 is 14.3 Å². The number of ether oxygens (including phenoxy) is 1. The van der Waals surface area contributed by atoms with E-state index in [1.807, 2.05) is 13.8 Å². The van der Waals surface area contributed by atoms with Gasteiger partial charge in [0.15, 0.2) is 0 Å². The number of rotatable bonds is 6. The number of pyridine rings is 1. The molecule has 0 bridgehead atoms. The van der Waals surface area contributed by atoms with Gasteiger partial charge in [-0.1, -0.05) is 13.8 Å². The van der Waals surface area contributed by atoms with E-state index in [2.05, 4.69) is 20.4 Å². The van der Waals surface area contributed by atoms with Crippen molar-refractivity contribution in [1.82, 2.24) is 10.3 Å². The molecule has 0 radical (unpaired) electrons. The number of amides is 1. The average molecular weight is 293 g/mol. The lowest BCUT2D eigenvalue weighted by Crippen LogP contribution is -2.39. The van der Waals surface area contributed by atoms with Crippen LogP contribution >= 0.6 is 0 Å². The molecule has 116 valence electrons. The molecule has 0 aliphatic carbocycles. The highest BCUT2D eigenvalue weighted by molar-refractivity contribution is 5.90. The highest BCUT2D eigenvalue weighted by atomic mass is 16.5. The van der Waals surface area contributed by atoms with E-state index in [4.69, 9.17) is 0 Å². The van der Waals surface area contributed by atoms with Gasteiger partial charge in [0.2, 0.25) is 5.91 Å². The van der Waals surface area contributed by atoms with Crippen molar-refractivity contribution in [2.75, 3.05) is 19.0 Å². The number of carbonyl (C=O) groups is 2. The van der Waals surface area contributed by atoms with Crippen LogP contribution in [0.1, 0.15) is 36.8 Å². The van der Waals surface area contributed by atoms with E-state index in [-0.39, 0.29) is 5.91 Å². The first-order chi connectivity index (χ1) is 9.85. The highest BCUT2D eigenvalue weighted by Crippen LogP contribution is 2.12. The Morgan fingerprint density at radius 3 is 2.48 bits per heavy atom. The molecule has 1 rings (SSSR count). The molecule has 1 amide bonds. The summed E-state index contributed by atoms with van der Waals surface area (Å²) >= 11 is 0. The summed E-state index contributed by atoms with van der Waals surface area (Å²) < 4.78 is 4.67. The Bertz CT molecular complexity index is 515. The van der Waals surface area contributed by atoms with E-state index in [0.29, 0.717) is 29.5 Å². The number of methoxy groups -OCH3 is 1. The molecule has 0 aliphatic rings. The normalized spacial score (nSPS) is 11.9. The van der Waals surface area contributed by atoms with Crippen LogP contribution in [0.4, 0.5) is 5.82 Å². The first kappa shape index (κ1) is 16.9. The number of aromatic nitrogens is 1. The minimum atomic E-state index is -0.422. The van der Waals surface area contributed by atoms with E-state index in [0.717, 1.165) is 0 Å². The van der Waals surface area contributed by atoms with Crippen LogP contribution in [-0.4, -0.2) is 36.6 Å². The Kier molecular flexibility index (Phi) is 6.14. The minimum absolute atomic E-state index is 0.0832. The summed E-state index contributed by atoms with van der Waals surface area (Å²) in [6, 6.07) is 2.89. The summed E-state index contributed by atoms with van der Waals surface area (Å²) in [4.78, 5) is 27.6. The highest BCUT2D eigenvalue weighted by Gasteiger charge is 2.15. The third kappa shape index (κ3) is 5.06. The van der Waals surface area contributed by atoms with Gasteiger partial charge in [0.25, 0.3) is 0 Å². The second kappa shape index (κ2) is 7.61. The SMILES string of the molecule is COC(=O)c1ccc(NC(C)C(=O)NCC(C)C)nc1C. The number of carbonyl (C=O) groups excluding carboxylic acids is 2. The zero-order valence-corrected chi connectivity index (χ0v) is 13.2. The number of esters is 1. The van der Waals surface area contributed by atoms with Gasteiger partial charge in [0.1, 0.15) is 11.9 Å². The molecule has 1 aromatic rings. The van der Waals surface area contributed by atoms with Crippen LogP contribution in [0, 0.1) is 12.8 Å². The molecule has 0 saturated heterocycles. The molecule has 1 heterocycles. The molecule has 21 heavy (non-hydrogen) atoms. The summed E-state index contributed by atoms with van der Waals surface area (Å²) in [5, 5.41) is 5.87. The molecule has 0 aliphatic heterocycles. The van der Waals surface area contributed by atoms with Crippen LogP contribution in [0.5, 0.6) is 0 Å². The quantitative estimate of drug-likeness (QED) is 0.781. The van der Waals surface area contributed by atoms with Crippen molar-refractivity contribution in [3.63, 3.8) is 0 Å². The first-order valence-electron chi connectivity index (χ1n) is 6.95. The second-order valence-electron chi connectivity index (χ2n) is 5.33. The Morgan fingerprint density at radius 2 is 1.95 bits per heavy atom. The fraction of sp³-hybridized carbons (Fsp3) is 0.533. The molecule has 0 fully saturated rings. The Morgan fingerprint density at radius 1 is 1.29 bits per heavy atom. The molecule has 0 saturated carbocycles. The van der Waals surface area contributed by atoms with Crippen LogP contribution in [0.15, 0.2) is 12.1 Å². The molecule has 2 N–H and O–H groups in total. The van der Waals surface area contributed by atoms with E-state index < -0.39 is 12.0 Å². The number of aryl methyl sites for hydroxylation is 1. The van der Waals surface area contributed by atoms with Gasteiger partial charge in [-0.05, 0) is 31.9 Å². The maximum Gasteiger partial charge on any atom is 0.339 e. The number of hydrogen-bond acceptors (Lipinski definition) is 5. The zero-order valence-electron chi connectivity index (χ0n) is 13.2. The summed E-state index contributed by atoms with van der Waals surface area (Å²) in [6.45, 7) is 8.20. The lowest BCUT2D eigenvalue weighted by molar-refractivity contribution is -0.121. The number of anilines is 1. The number of hydrogen-bond donors (Lipinski definition) is 2. The standard InChI is InChI=1S/C15H23N3O3/c1-9(2)8-16-14(19)11(4)18-13-7-6-12(10(3)17-13)15(20)21-5/h6-7,9,11H,8H2,1-5H3,(H,16,19)(H,17,18). The van der Waals surface area contributed by atoms with Crippen molar-refractivity contribution in [3.8, 4) is 0 Å². The first-order valence-corrected chi connectivity index (χ1v) is 6.95. The summed E-state index contributed by atoms with van der Waals surface area (Å²) in [5.41, 5.74) is 0.974. The van der Waals surface area contributed by atoms with Crippen molar-refractivity contribution in [2.24, 2.45) is 5.92 Å². The third-order valence-electron chi connectivity index (χ3n) is 2.93. The molecule has 1 atom stereocenters. The average Bonchev–Trinajstić information content (AvgIpc) is 2.43. The molecule has 1 aromatic heterocycles. The fourth-order valence-electron chi connectivity index (χ4n) is 1.71. The van der Waals surface area contributed by atoms with Gasteiger partial charge in [0, 0.05) is 6.54 Å². The van der Waals surface area contributed by atoms with E-state index in [9.17, 15) is 9.59 Å². The van der Waals surface area contributed by atoms with E-state index in [1.165, 1.54) is 7.11 Å². The molecule has 6 heteroatoms. The van der Waals surface area contributed by atoms with Gasteiger partial charge in [-0.15, -0.1) is 0 Å². The molecular weight excluding hydrogens is 270 g/mol. The Hall–Kier alpha value is -2.11. The van der Waals surface area contributed by atoms with Crippen molar-refractivity contribution in [3.05, 3.63) is 23.4 Å². The number of nitrogens with one attached hydrogen (secondary N) is 2. The maximum absolute atomic E-state index is 11.9. The van der Waals surface area contributed by atoms with E-state index in [1.54, 1.807) is 26.0 Å². The van der Waals surface area contributed by atoms with Crippen LogP contribution in [0.2, 0.25) is 0 Å². The fourth-order valence-corrected chi connectivity index (χ4v) is 1.71. The number of nitrogens with zero attached hydrogens (tertiary/aromatic N) is 1. The monoisotopic (exact) mass is 293 g/mol. The largest absolute Gasteiger partial charge is 0.465 e. The summed E-state index contributed by atoms with van der Waals surface area (Å²) in [7, 11) is 1.33. The van der Waals surface area contributed by atoms with Gasteiger partial charge in [-0.2, -0.15) is 0 Å². The third-order valence-corrected chi connectivity index (χ3v) is 2.93. The molecule has 0 spiro atoms. The van der Waals surface area contributed by atoms with Gasteiger partial charge in [-0.25, -0.2) is 9.78 Å². The van der Waals surface area contributed by atoms with Crippen molar-refractivity contribution in [1.29, 1.82) is 0 Å². The zero-order chi connectivity index (χ0) is 16.0. The van der Waals surface area contributed by atoms with Crippen LogP contribution < -0.4 is 10.6 Å². The predicted octanol–water partition coefficient (Wildman–Crippen LogP) is 1.75. The lowest BCUT2D eigenvalue weighted by atomic mass is 10.2. The Labute approximate surface area is 125 Å². The molecular formula is C15H23N3O3. The lowest BCUT2D eigenvalue weighted by Gasteiger charge is -2.16. The second-order valence-corrected chi connectivity index (χ2v) is 5.33. The Balaban J connectivity index is 2.68. The smallest absolute Gasteiger partial charge is 0.339 e. The summed E-state index contributed by atoms with van der Waals surface area (Å²) in [6.07, 6.45) is 0. The summed E-state index contributed by atoms with van der Waals surface area (Å²) in [5.74, 6) is 0.447. The van der Waals surface area contributed by atoms with Crippen LogP contribution in [0.3, 0.4) is 0 Å². The predicted molar refractivity (Wildman–Crippen MR) is 81.2 cm³/mol. The molecule has 6 nitrogen and oxygen atoms in total. The van der Waals surface area contributed by atoms with E-state index >= 15 is 0 Å². The minimum Gasteiger partial charge on any atom is -0.465 e. The maximum atomic E-state index is 11.9. The van der Waals surface area contributed by atoms with Gasteiger partial charge < -0.3 is 15.4 Å². The van der Waals surface area contributed by atoms with Gasteiger partial charge in [-0.3, -0.25) is 4.79 Å². The van der Waals surface area contributed by atoms with Crippen LogP contribution in [0.25, 0.3) is 0 Å². The molecule has 0 aromatic carbocycles. The van der Waals surface area contributed by atoms with Gasteiger partial charge in [0.05, 0.1) is 18.4 Å². The van der Waals surface area contributed by atoms with Crippen LogP contribution in [-0.2, 0) is 9.53 Å². The van der Waals surface area contributed by atoms with Crippen molar-refractivity contribution in [2.45, 2.75) is 33.7 Å².